The Kier molecular flexibility index (Phi) is 13.6. The summed E-state index contributed by atoms with van der Waals surface area (Å²) in [5.74, 6) is -0.102. The van der Waals surface area contributed by atoms with Crippen LogP contribution in [0.4, 0.5) is 15.9 Å². The zero-order valence-electron chi connectivity index (χ0n) is 27.4. The molecule has 2 aromatic heterocycles. The average molecular weight is 709 g/mol. The molecule has 14 nitrogen and oxygen atoms in total. The number of nitriles is 1. The summed E-state index contributed by atoms with van der Waals surface area (Å²) in [6, 6.07) is 10.4. The van der Waals surface area contributed by atoms with E-state index in [2.05, 4.69) is 25.5 Å². The van der Waals surface area contributed by atoms with Gasteiger partial charge in [-0.05, 0) is 61.7 Å². The molecule has 1 amide bonds. The van der Waals surface area contributed by atoms with E-state index in [4.69, 9.17) is 36.3 Å². The van der Waals surface area contributed by atoms with Gasteiger partial charge in [0.1, 0.15) is 12.9 Å². The molecule has 16 heteroatoms. The molecule has 50 heavy (non-hydrogen) atoms. The quantitative estimate of drug-likeness (QED) is 0.196. The van der Waals surface area contributed by atoms with E-state index in [1.807, 2.05) is 42.9 Å². The second kappa shape index (κ2) is 18.0. The zero-order valence-corrected chi connectivity index (χ0v) is 28.1. The van der Waals surface area contributed by atoms with Crippen LogP contribution in [0.3, 0.4) is 0 Å². The molecule has 264 valence electrons. The summed E-state index contributed by atoms with van der Waals surface area (Å²) in [6.45, 7) is 8.69. The molecule has 4 aromatic rings. The van der Waals surface area contributed by atoms with Gasteiger partial charge < -0.3 is 35.3 Å². The van der Waals surface area contributed by atoms with E-state index in [1.54, 1.807) is 29.1 Å². The van der Waals surface area contributed by atoms with Crippen molar-refractivity contribution < 1.29 is 33.7 Å². The van der Waals surface area contributed by atoms with Crippen LogP contribution >= 0.6 is 11.6 Å². The monoisotopic (exact) mass is 708 g/mol. The van der Waals surface area contributed by atoms with Gasteiger partial charge in [-0.15, -0.1) is 0 Å². The molecule has 2 fully saturated rings. The molecule has 6 rings (SSSR count). The Morgan fingerprint density at radius 3 is 2.66 bits per heavy atom. The third-order valence-electron chi connectivity index (χ3n) is 8.50. The molecular formula is C34H38ClFN8O6. The molecule has 2 aromatic carbocycles. The first kappa shape index (κ1) is 37.7. The number of aromatic nitrogens is 3. The highest BCUT2D eigenvalue weighted by Crippen LogP contribution is 2.36. The molecule has 0 spiro atoms. The van der Waals surface area contributed by atoms with Gasteiger partial charge >= 0.3 is 0 Å². The Bertz CT molecular complexity index is 1830. The van der Waals surface area contributed by atoms with Gasteiger partial charge in [-0.25, -0.2) is 14.4 Å². The predicted molar refractivity (Wildman–Crippen MR) is 184 cm³/mol. The number of β-amino-alcohol motifs (C(OH)–C–C–N with tert-alkyl or cyclic N) is 1. The summed E-state index contributed by atoms with van der Waals surface area (Å²) in [7, 11) is 0. The van der Waals surface area contributed by atoms with E-state index in [0.717, 1.165) is 43.9 Å². The number of nitrogens with one attached hydrogen (secondary N) is 2. The molecule has 0 unspecified atom stereocenters. The van der Waals surface area contributed by atoms with Crippen molar-refractivity contribution in [1.82, 2.24) is 29.5 Å². The smallest absolute Gasteiger partial charge is 0.290 e. The lowest BCUT2D eigenvalue weighted by Crippen LogP contribution is -2.52. The third kappa shape index (κ3) is 8.71. The average Bonchev–Trinajstić information content (AvgIpc) is 3.56. The number of aliphatic hydroxyl groups excluding tert-OH is 1. The number of amides is 1. The van der Waals surface area contributed by atoms with Crippen molar-refractivity contribution in [3.63, 3.8) is 0 Å². The number of hydrogen-bond donors (Lipinski definition) is 4. The number of aliphatic hydroxyl groups is 1. The maximum Gasteiger partial charge on any atom is 0.290 e. The lowest BCUT2D eigenvalue weighted by atomic mass is 9.94. The number of piperazine rings is 1. The van der Waals surface area contributed by atoms with Crippen molar-refractivity contribution >= 4 is 47.9 Å². The number of halogens is 2. The maximum absolute atomic E-state index is 14.8. The highest BCUT2D eigenvalue weighted by molar-refractivity contribution is 6.33. The SMILES string of the molecule is C=O.Cc1cc(Nc2nccn3c(-c4ccc(OCC#N)c(F)c4Cl)cnc23)ccc1C(=O)N1CCN(C[C@@H]2CCNC[C@@H]2O)CC1.O=CO. The fraction of sp³-hybridized carbons (Fsp3) is 0.353. The van der Waals surface area contributed by atoms with Crippen molar-refractivity contribution in [2.75, 3.05) is 57.7 Å². The van der Waals surface area contributed by atoms with Crippen molar-refractivity contribution in [3.05, 3.63) is 70.9 Å². The molecule has 4 N–H and O–H groups in total. The highest BCUT2D eigenvalue weighted by Gasteiger charge is 2.28. The van der Waals surface area contributed by atoms with Gasteiger partial charge in [0.25, 0.3) is 12.4 Å². The first-order valence-corrected chi connectivity index (χ1v) is 16.1. The number of ether oxygens (including phenoxy) is 1. The zero-order chi connectivity index (χ0) is 36.2. The molecule has 0 bridgehead atoms. The summed E-state index contributed by atoms with van der Waals surface area (Å²) in [5, 5.41) is 32.3. The normalized spacial score (nSPS) is 17.4. The number of piperidine rings is 1. The number of carbonyl (C=O) groups is 3. The molecular weight excluding hydrogens is 671 g/mol. The van der Waals surface area contributed by atoms with Crippen molar-refractivity contribution in [3.8, 4) is 23.1 Å². The Hall–Kier alpha value is -5.14. The number of imidazole rings is 1. The van der Waals surface area contributed by atoms with E-state index in [1.165, 1.54) is 6.07 Å². The lowest BCUT2D eigenvalue weighted by Gasteiger charge is -2.38. The van der Waals surface area contributed by atoms with Gasteiger partial charge in [-0.1, -0.05) is 11.6 Å². The summed E-state index contributed by atoms with van der Waals surface area (Å²) >= 11 is 6.35. The van der Waals surface area contributed by atoms with Crippen LogP contribution in [0.1, 0.15) is 22.3 Å². The van der Waals surface area contributed by atoms with Gasteiger partial charge in [0.05, 0.1) is 23.0 Å². The molecule has 0 radical (unpaired) electrons. The van der Waals surface area contributed by atoms with Crippen molar-refractivity contribution in [2.45, 2.75) is 19.4 Å². The third-order valence-corrected chi connectivity index (χ3v) is 8.87. The van der Waals surface area contributed by atoms with E-state index in [0.29, 0.717) is 47.9 Å². The molecule has 2 atom stereocenters. The first-order chi connectivity index (χ1) is 24.2. The van der Waals surface area contributed by atoms with Crippen LogP contribution in [0, 0.1) is 30.0 Å². The van der Waals surface area contributed by atoms with Gasteiger partial charge in [0.15, 0.2) is 29.6 Å². The van der Waals surface area contributed by atoms with E-state index in [9.17, 15) is 14.3 Å². The number of nitrogens with zero attached hydrogens (tertiary/aromatic N) is 6. The van der Waals surface area contributed by atoms with Crippen LogP contribution in [0.15, 0.2) is 48.9 Å². The molecule has 2 aliphatic heterocycles. The number of anilines is 2. The van der Waals surface area contributed by atoms with Crippen LogP contribution in [0.25, 0.3) is 16.9 Å². The number of aryl methyl sites for hydroxylation is 1. The second-order valence-corrected chi connectivity index (χ2v) is 11.9. The molecule has 0 saturated carbocycles. The standard InChI is InChI=1S/C32H34ClFN8O3.CH2O2.CH2O/c1-20-16-22(2-3-23(20)32(44)41-13-11-40(12-14-41)19-21-6-8-36-18-26(21)43)39-30-31-38-17-25(42(31)10-9-37-30)24-4-5-27(45-15-7-35)29(34)28(24)33;2-1-3;1-2/h2-5,9-10,16-17,21,26,36,43H,6,8,11-15,18-19H2,1H3,(H,37,39);1H,(H,2,3);1H2/t21-,26-;;/m0../s1. The first-order valence-electron chi connectivity index (χ1n) is 15.7. The minimum absolute atomic E-state index is 0.00637. The van der Waals surface area contributed by atoms with Gasteiger partial charge in [-0.2, -0.15) is 5.26 Å². The molecule has 4 heterocycles. The Morgan fingerprint density at radius 2 is 1.98 bits per heavy atom. The number of benzene rings is 2. The fourth-order valence-corrected chi connectivity index (χ4v) is 6.27. The largest absolute Gasteiger partial charge is 0.483 e. The second-order valence-electron chi connectivity index (χ2n) is 11.5. The molecule has 0 aliphatic carbocycles. The van der Waals surface area contributed by atoms with E-state index in [-0.39, 0.29) is 41.8 Å². The number of rotatable bonds is 8. The fourth-order valence-electron chi connectivity index (χ4n) is 6.02. The van der Waals surface area contributed by atoms with Gasteiger partial charge in [0.2, 0.25) is 0 Å². The van der Waals surface area contributed by atoms with Crippen LogP contribution in [0.2, 0.25) is 5.02 Å². The Labute approximate surface area is 293 Å². The predicted octanol–water partition coefficient (Wildman–Crippen LogP) is 3.39. The molecule has 2 saturated heterocycles. The highest BCUT2D eigenvalue weighted by atomic mass is 35.5. The van der Waals surface area contributed by atoms with Crippen LogP contribution in [-0.2, 0) is 9.59 Å². The molecule has 2 aliphatic rings. The van der Waals surface area contributed by atoms with Gasteiger partial charge in [0, 0.05) is 68.5 Å². The Balaban J connectivity index is 0.00000107. The van der Waals surface area contributed by atoms with Crippen molar-refractivity contribution in [1.29, 1.82) is 5.26 Å². The minimum atomic E-state index is -0.754. The van der Waals surface area contributed by atoms with Crippen LogP contribution in [-0.4, -0.2) is 112 Å². The summed E-state index contributed by atoms with van der Waals surface area (Å²) in [4.78, 5) is 43.0. The van der Waals surface area contributed by atoms with Gasteiger partial charge in [-0.3, -0.25) is 18.9 Å². The summed E-state index contributed by atoms with van der Waals surface area (Å²) in [6.07, 6.45) is 5.54. The van der Waals surface area contributed by atoms with E-state index < -0.39 is 5.82 Å². The maximum atomic E-state index is 14.8. The minimum Gasteiger partial charge on any atom is -0.483 e. The van der Waals surface area contributed by atoms with Crippen molar-refractivity contribution in [2.24, 2.45) is 5.92 Å². The number of carbonyl (C=O) groups excluding carboxylic acids is 2. The van der Waals surface area contributed by atoms with E-state index >= 15 is 0 Å². The summed E-state index contributed by atoms with van der Waals surface area (Å²) < 4.78 is 21.7. The number of hydrogen-bond acceptors (Lipinski definition) is 11. The van der Waals surface area contributed by atoms with Crippen LogP contribution < -0.4 is 15.4 Å². The lowest BCUT2D eigenvalue weighted by molar-refractivity contribution is -0.122. The topological polar surface area (TPSA) is 185 Å². The summed E-state index contributed by atoms with van der Waals surface area (Å²) in [5.41, 5.74) is 3.68. The van der Waals surface area contributed by atoms with Crippen LogP contribution in [0.5, 0.6) is 5.75 Å². The number of carboxylic acid groups (broad SMARTS) is 1. The Morgan fingerprint density at radius 1 is 1.24 bits per heavy atom. The number of fused-ring (bicyclic) bond motifs is 1.